The molecule has 0 radical (unpaired) electrons. The largest absolute Gasteiger partial charge is 0.416 e. The Morgan fingerprint density at radius 2 is 1.55 bits per heavy atom. The molecule has 0 atom stereocenters. The number of alkyl halides is 3. The van der Waals surface area contributed by atoms with Crippen molar-refractivity contribution < 1.29 is 26.7 Å². The van der Waals surface area contributed by atoms with Crippen molar-refractivity contribution in [3.63, 3.8) is 0 Å². The molecule has 1 aliphatic carbocycles. The molecule has 0 aliphatic heterocycles. The van der Waals surface area contributed by atoms with Gasteiger partial charge in [0.05, 0.1) is 16.1 Å². The van der Waals surface area contributed by atoms with Crippen LogP contribution in [0.15, 0.2) is 54.6 Å². The van der Waals surface area contributed by atoms with Gasteiger partial charge in [-0.1, -0.05) is 68.8 Å². The summed E-state index contributed by atoms with van der Waals surface area (Å²) in [6.45, 7) is 6.33. The molecule has 0 unspecified atom stereocenters. The minimum atomic E-state index is -4.80. The summed E-state index contributed by atoms with van der Waals surface area (Å²) >= 11 is 5.75. The number of carbonyl (C=O) groups excluding carboxylic acids is 1. The first-order chi connectivity index (χ1) is 17.7. The third kappa shape index (κ3) is 6.55. The van der Waals surface area contributed by atoms with E-state index in [1.54, 1.807) is 12.1 Å². The van der Waals surface area contributed by atoms with Crippen LogP contribution in [0.4, 0.5) is 22.0 Å². The van der Waals surface area contributed by atoms with Crippen molar-refractivity contribution in [3.05, 3.63) is 105 Å². The van der Waals surface area contributed by atoms with Crippen molar-refractivity contribution in [2.24, 2.45) is 0 Å². The van der Waals surface area contributed by atoms with E-state index in [9.17, 15) is 26.7 Å². The van der Waals surface area contributed by atoms with E-state index in [2.05, 4.69) is 20.8 Å². The molecule has 202 valence electrons. The summed E-state index contributed by atoms with van der Waals surface area (Å²) in [7, 11) is 0. The molecular formula is C30H29ClF5NO. The highest BCUT2D eigenvalue weighted by Crippen LogP contribution is 2.41. The van der Waals surface area contributed by atoms with Crippen LogP contribution in [-0.4, -0.2) is 17.4 Å². The highest BCUT2D eigenvalue weighted by molar-refractivity contribution is 6.31. The molecule has 0 N–H and O–H groups in total. The predicted octanol–water partition coefficient (Wildman–Crippen LogP) is 8.70. The fraction of sp³-hybridized carbons (Fsp3) is 0.367. The quantitative estimate of drug-likeness (QED) is 0.270. The number of nitrogens with zero attached hydrogens (tertiary/aromatic N) is 1. The lowest BCUT2D eigenvalue weighted by atomic mass is 9.87. The highest BCUT2D eigenvalue weighted by atomic mass is 35.5. The molecule has 1 fully saturated rings. The molecular weight excluding hydrogens is 521 g/mol. The number of hydrogen-bond acceptors (Lipinski definition) is 1. The van der Waals surface area contributed by atoms with Crippen molar-refractivity contribution in [3.8, 4) is 0 Å². The van der Waals surface area contributed by atoms with Gasteiger partial charge in [0.15, 0.2) is 5.82 Å². The van der Waals surface area contributed by atoms with Crippen LogP contribution in [0.3, 0.4) is 0 Å². The number of benzene rings is 3. The van der Waals surface area contributed by atoms with Crippen molar-refractivity contribution in [2.75, 3.05) is 6.54 Å². The zero-order valence-electron chi connectivity index (χ0n) is 21.4. The molecule has 2 nitrogen and oxygen atoms in total. The maximum atomic E-state index is 14.9. The molecule has 8 heteroatoms. The lowest BCUT2D eigenvalue weighted by Gasteiger charge is -2.25. The van der Waals surface area contributed by atoms with E-state index in [4.69, 9.17) is 11.6 Å². The number of rotatable bonds is 7. The van der Waals surface area contributed by atoms with E-state index >= 15 is 0 Å². The number of hydrogen-bond donors (Lipinski definition) is 0. The average Bonchev–Trinajstić information content (AvgIpc) is 3.68. The average molecular weight is 550 g/mol. The molecule has 3 aromatic rings. The molecule has 3 aromatic carbocycles. The van der Waals surface area contributed by atoms with Gasteiger partial charge in [-0.25, -0.2) is 8.78 Å². The molecule has 1 saturated carbocycles. The van der Waals surface area contributed by atoms with Crippen molar-refractivity contribution in [1.29, 1.82) is 0 Å². The summed E-state index contributed by atoms with van der Waals surface area (Å²) in [4.78, 5) is 14.8. The zero-order valence-corrected chi connectivity index (χ0v) is 22.2. The van der Waals surface area contributed by atoms with Crippen molar-refractivity contribution >= 4 is 17.5 Å². The molecule has 0 heterocycles. The van der Waals surface area contributed by atoms with Crippen molar-refractivity contribution in [2.45, 2.75) is 64.1 Å². The topological polar surface area (TPSA) is 20.3 Å². The normalized spacial score (nSPS) is 14.0. The fourth-order valence-electron chi connectivity index (χ4n) is 4.38. The second kappa shape index (κ2) is 10.7. The first-order valence-electron chi connectivity index (χ1n) is 12.5. The van der Waals surface area contributed by atoms with Gasteiger partial charge in [-0.05, 0) is 71.0 Å². The van der Waals surface area contributed by atoms with Crippen LogP contribution in [0, 0.1) is 11.6 Å². The van der Waals surface area contributed by atoms with Gasteiger partial charge in [-0.15, -0.1) is 0 Å². The molecule has 4 rings (SSSR count). The maximum Gasteiger partial charge on any atom is 0.416 e. The second-order valence-electron chi connectivity index (χ2n) is 10.9. The van der Waals surface area contributed by atoms with Crippen molar-refractivity contribution in [1.82, 2.24) is 4.90 Å². The maximum absolute atomic E-state index is 14.9. The van der Waals surface area contributed by atoms with Gasteiger partial charge in [0, 0.05) is 13.1 Å². The van der Waals surface area contributed by atoms with E-state index in [1.165, 1.54) is 11.0 Å². The summed E-state index contributed by atoms with van der Waals surface area (Å²) < 4.78 is 69.3. The van der Waals surface area contributed by atoms with Gasteiger partial charge in [0.2, 0.25) is 0 Å². The first kappa shape index (κ1) is 28.1. The van der Waals surface area contributed by atoms with Crippen LogP contribution in [-0.2, 0) is 24.6 Å². The standard InChI is InChI=1S/C30H29ClF5NO/c1-29(2,3)21-9-4-19(5-10-21)17-37(13-12-18-6-11-26(32)23(14-18)20-7-8-20)28(38)24-15-22(30(34,35)36)16-25(31)27(24)33/h4-6,9-11,14-16,20H,7-8,12-13,17H2,1-3H3. The van der Waals surface area contributed by atoms with Gasteiger partial charge in [-0.2, -0.15) is 13.2 Å². The van der Waals surface area contributed by atoms with E-state index in [0.717, 1.165) is 29.5 Å². The van der Waals surface area contributed by atoms with Gasteiger partial charge < -0.3 is 4.90 Å². The molecule has 1 amide bonds. The minimum absolute atomic E-state index is 0.0488. The Kier molecular flexibility index (Phi) is 7.89. The van der Waals surface area contributed by atoms with E-state index in [0.29, 0.717) is 24.1 Å². The third-order valence-electron chi connectivity index (χ3n) is 6.81. The van der Waals surface area contributed by atoms with E-state index in [-0.39, 0.29) is 30.2 Å². The molecule has 0 bridgehead atoms. The van der Waals surface area contributed by atoms with Gasteiger partial charge in [0.1, 0.15) is 5.82 Å². The molecule has 0 saturated heterocycles. The smallest absolute Gasteiger partial charge is 0.334 e. The Morgan fingerprint density at radius 3 is 2.13 bits per heavy atom. The fourth-order valence-corrected chi connectivity index (χ4v) is 4.60. The summed E-state index contributed by atoms with van der Waals surface area (Å²) in [6.07, 6.45) is -2.64. The van der Waals surface area contributed by atoms with E-state index in [1.807, 2.05) is 24.3 Å². The Bertz CT molecular complexity index is 1320. The third-order valence-corrected chi connectivity index (χ3v) is 7.09. The zero-order chi connectivity index (χ0) is 27.8. The second-order valence-corrected chi connectivity index (χ2v) is 11.3. The van der Waals surface area contributed by atoms with Crippen LogP contribution in [0.25, 0.3) is 0 Å². The van der Waals surface area contributed by atoms with Gasteiger partial charge >= 0.3 is 6.18 Å². The molecule has 1 aliphatic rings. The van der Waals surface area contributed by atoms with Crippen LogP contribution in [0.2, 0.25) is 5.02 Å². The Hall–Kier alpha value is -2.93. The lowest BCUT2D eigenvalue weighted by Crippen LogP contribution is -2.33. The number of halogens is 6. The summed E-state index contributed by atoms with van der Waals surface area (Å²) in [6, 6.07) is 13.3. The van der Waals surface area contributed by atoms with E-state index < -0.39 is 34.1 Å². The lowest BCUT2D eigenvalue weighted by molar-refractivity contribution is -0.137. The molecule has 0 spiro atoms. The van der Waals surface area contributed by atoms with Gasteiger partial charge in [-0.3, -0.25) is 4.79 Å². The minimum Gasteiger partial charge on any atom is -0.334 e. The molecule has 0 aromatic heterocycles. The Morgan fingerprint density at radius 1 is 0.921 bits per heavy atom. The summed E-state index contributed by atoms with van der Waals surface area (Å²) in [5.74, 6) is -2.19. The monoisotopic (exact) mass is 549 g/mol. The Balaban J connectivity index is 1.65. The van der Waals surface area contributed by atoms with Gasteiger partial charge in [0.25, 0.3) is 5.91 Å². The number of amides is 1. The first-order valence-corrected chi connectivity index (χ1v) is 12.8. The van der Waals surface area contributed by atoms with Crippen LogP contribution < -0.4 is 0 Å². The Labute approximate surface area is 224 Å². The van der Waals surface area contributed by atoms with Crippen LogP contribution >= 0.6 is 11.6 Å². The highest BCUT2D eigenvalue weighted by Gasteiger charge is 2.34. The SMILES string of the molecule is CC(C)(C)c1ccc(CN(CCc2ccc(F)c(C3CC3)c2)C(=O)c2cc(C(F)(F)F)cc(Cl)c2F)cc1. The van der Waals surface area contributed by atoms with Crippen LogP contribution in [0.1, 0.15) is 77.7 Å². The summed E-state index contributed by atoms with van der Waals surface area (Å²) in [5.41, 5.74) is 1.21. The predicted molar refractivity (Wildman–Crippen MR) is 138 cm³/mol. The van der Waals surface area contributed by atoms with Crippen LogP contribution in [0.5, 0.6) is 0 Å². The number of carbonyl (C=O) groups is 1. The molecule has 38 heavy (non-hydrogen) atoms. The summed E-state index contributed by atoms with van der Waals surface area (Å²) in [5, 5.41) is -0.773.